The average Bonchev–Trinajstić information content (AvgIpc) is 2.69. The first-order valence-corrected chi connectivity index (χ1v) is 10.8. The molecule has 7 nitrogen and oxygen atoms in total. The SMILES string of the molecule is CC(C)Oc1ccc(S(=O)(=O)Nc2ccc(Cl)cc2C(=O)c2ncccc2O)cc1. The number of nitrogens with one attached hydrogen (secondary N) is 1. The molecule has 0 amide bonds. The van der Waals surface area contributed by atoms with Crippen molar-refractivity contribution in [2.45, 2.75) is 24.8 Å². The Hall–Kier alpha value is -3.10. The molecule has 2 N–H and O–H groups in total. The van der Waals surface area contributed by atoms with Crippen molar-refractivity contribution < 1.29 is 23.1 Å². The third-order valence-electron chi connectivity index (χ3n) is 3.98. The van der Waals surface area contributed by atoms with Gasteiger partial charge in [0.05, 0.1) is 16.7 Å². The van der Waals surface area contributed by atoms with Crippen molar-refractivity contribution in [3.05, 3.63) is 77.1 Å². The maximum atomic E-state index is 12.9. The third-order valence-corrected chi connectivity index (χ3v) is 5.59. The smallest absolute Gasteiger partial charge is 0.261 e. The topological polar surface area (TPSA) is 106 Å². The zero-order valence-corrected chi connectivity index (χ0v) is 17.7. The Morgan fingerprint density at radius 1 is 1.13 bits per heavy atom. The van der Waals surface area contributed by atoms with Crippen LogP contribution in [0.15, 0.2) is 65.7 Å². The van der Waals surface area contributed by atoms with E-state index in [9.17, 15) is 18.3 Å². The second-order valence-electron chi connectivity index (χ2n) is 6.63. The van der Waals surface area contributed by atoms with E-state index in [-0.39, 0.29) is 38.7 Å². The molecule has 0 spiro atoms. The van der Waals surface area contributed by atoms with Crippen LogP contribution < -0.4 is 9.46 Å². The number of benzene rings is 2. The summed E-state index contributed by atoms with van der Waals surface area (Å²) >= 11 is 6.01. The van der Waals surface area contributed by atoms with Crippen LogP contribution in [0.5, 0.6) is 11.5 Å². The number of hydrogen-bond acceptors (Lipinski definition) is 6. The van der Waals surface area contributed by atoms with Crippen LogP contribution in [0.3, 0.4) is 0 Å². The molecular formula is C21H19ClN2O5S. The minimum absolute atomic E-state index is 0.00682. The maximum absolute atomic E-state index is 12.9. The Morgan fingerprint density at radius 3 is 2.47 bits per heavy atom. The highest BCUT2D eigenvalue weighted by atomic mass is 35.5. The Labute approximate surface area is 179 Å². The van der Waals surface area contributed by atoms with Crippen molar-refractivity contribution in [3.63, 3.8) is 0 Å². The zero-order chi connectivity index (χ0) is 21.9. The van der Waals surface area contributed by atoms with Crippen LogP contribution in [-0.4, -0.2) is 30.4 Å². The van der Waals surface area contributed by atoms with Gasteiger partial charge in [-0.3, -0.25) is 9.52 Å². The van der Waals surface area contributed by atoms with Gasteiger partial charge in [0, 0.05) is 16.8 Å². The number of anilines is 1. The van der Waals surface area contributed by atoms with E-state index in [2.05, 4.69) is 9.71 Å². The van der Waals surface area contributed by atoms with Crippen molar-refractivity contribution in [1.82, 2.24) is 4.98 Å². The number of ether oxygens (including phenoxy) is 1. The molecule has 3 rings (SSSR count). The summed E-state index contributed by atoms with van der Waals surface area (Å²) < 4.78 is 33.6. The number of pyridine rings is 1. The second-order valence-corrected chi connectivity index (χ2v) is 8.75. The number of sulfonamides is 1. The minimum atomic E-state index is -4.00. The lowest BCUT2D eigenvalue weighted by Crippen LogP contribution is -2.16. The fourth-order valence-corrected chi connectivity index (χ4v) is 3.92. The largest absolute Gasteiger partial charge is 0.506 e. The van der Waals surface area contributed by atoms with E-state index < -0.39 is 15.8 Å². The highest BCUT2D eigenvalue weighted by Crippen LogP contribution is 2.28. The predicted octanol–water partition coefficient (Wildman–Crippen LogP) is 4.26. The van der Waals surface area contributed by atoms with Crippen LogP contribution >= 0.6 is 11.6 Å². The van der Waals surface area contributed by atoms with Gasteiger partial charge in [0.15, 0.2) is 5.69 Å². The van der Waals surface area contributed by atoms with Crippen molar-refractivity contribution in [3.8, 4) is 11.5 Å². The number of aromatic hydroxyl groups is 1. The molecule has 30 heavy (non-hydrogen) atoms. The number of aromatic nitrogens is 1. The molecule has 0 bridgehead atoms. The number of rotatable bonds is 7. The van der Waals surface area contributed by atoms with E-state index in [0.717, 1.165) is 0 Å². The Bertz CT molecular complexity index is 1180. The van der Waals surface area contributed by atoms with E-state index in [1.165, 1.54) is 48.7 Å². The summed E-state index contributed by atoms with van der Waals surface area (Å²) in [6.07, 6.45) is 1.30. The normalized spacial score (nSPS) is 11.3. The van der Waals surface area contributed by atoms with Crippen LogP contribution in [-0.2, 0) is 10.0 Å². The number of carbonyl (C=O) groups excluding carboxylic acids is 1. The lowest BCUT2D eigenvalue weighted by atomic mass is 10.1. The molecule has 0 fully saturated rings. The molecule has 9 heteroatoms. The molecule has 0 saturated heterocycles. The summed E-state index contributed by atoms with van der Waals surface area (Å²) in [4.78, 5) is 16.8. The summed E-state index contributed by atoms with van der Waals surface area (Å²) in [5.41, 5.74) is -0.243. The molecule has 0 radical (unpaired) electrons. The lowest BCUT2D eigenvalue weighted by molar-refractivity contribution is 0.103. The van der Waals surface area contributed by atoms with Gasteiger partial charge in [-0.25, -0.2) is 13.4 Å². The van der Waals surface area contributed by atoms with Crippen LogP contribution in [0, 0.1) is 0 Å². The van der Waals surface area contributed by atoms with Crippen molar-refractivity contribution >= 4 is 33.1 Å². The number of hydrogen-bond donors (Lipinski definition) is 2. The van der Waals surface area contributed by atoms with Crippen molar-refractivity contribution in [1.29, 1.82) is 0 Å². The summed E-state index contributed by atoms with van der Waals surface area (Å²) in [6, 6.07) is 12.8. The van der Waals surface area contributed by atoms with Gasteiger partial charge >= 0.3 is 0 Å². The molecule has 1 aromatic heterocycles. The van der Waals surface area contributed by atoms with Crippen LogP contribution in [0.4, 0.5) is 5.69 Å². The molecule has 0 atom stereocenters. The summed E-state index contributed by atoms with van der Waals surface area (Å²) in [5, 5.41) is 10.2. The summed E-state index contributed by atoms with van der Waals surface area (Å²) in [7, 11) is -4.00. The monoisotopic (exact) mass is 446 g/mol. The van der Waals surface area contributed by atoms with Crippen LogP contribution in [0.25, 0.3) is 0 Å². The number of ketones is 1. The van der Waals surface area contributed by atoms with E-state index in [0.29, 0.717) is 5.75 Å². The van der Waals surface area contributed by atoms with E-state index in [1.54, 1.807) is 12.1 Å². The molecule has 0 aliphatic heterocycles. The Morgan fingerprint density at radius 2 is 1.83 bits per heavy atom. The van der Waals surface area contributed by atoms with E-state index >= 15 is 0 Å². The van der Waals surface area contributed by atoms with E-state index in [4.69, 9.17) is 16.3 Å². The highest BCUT2D eigenvalue weighted by Gasteiger charge is 2.22. The van der Waals surface area contributed by atoms with Gasteiger partial charge in [-0.1, -0.05) is 11.6 Å². The molecule has 3 aromatic rings. The van der Waals surface area contributed by atoms with Gasteiger partial charge < -0.3 is 9.84 Å². The standard InChI is InChI=1S/C21H19ClN2O5S/c1-13(2)29-15-6-8-16(9-7-15)30(27,28)24-18-10-5-14(22)12-17(18)21(26)20-19(25)4-3-11-23-20/h3-13,24-25H,1-2H3. The van der Waals surface area contributed by atoms with Gasteiger partial charge in [-0.2, -0.15) is 0 Å². The Balaban J connectivity index is 1.95. The van der Waals surface area contributed by atoms with Gasteiger partial charge in [-0.05, 0) is 68.4 Å². The first-order chi connectivity index (χ1) is 14.2. The quantitative estimate of drug-likeness (QED) is 0.525. The first kappa shape index (κ1) is 21.6. The average molecular weight is 447 g/mol. The molecule has 0 aliphatic rings. The van der Waals surface area contributed by atoms with Gasteiger partial charge in [-0.15, -0.1) is 0 Å². The highest BCUT2D eigenvalue weighted by molar-refractivity contribution is 7.92. The fraction of sp³-hybridized carbons (Fsp3) is 0.143. The molecule has 1 heterocycles. The molecular weight excluding hydrogens is 428 g/mol. The summed E-state index contributed by atoms with van der Waals surface area (Å²) in [6.45, 7) is 3.73. The van der Waals surface area contributed by atoms with Crippen LogP contribution in [0.1, 0.15) is 29.9 Å². The second kappa shape index (κ2) is 8.73. The molecule has 2 aromatic carbocycles. The van der Waals surface area contributed by atoms with Gasteiger partial charge in [0.1, 0.15) is 11.5 Å². The fourth-order valence-electron chi connectivity index (χ4n) is 2.67. The zero-order valence-electron chi connectivity index (χ0n) is 16.2. The van der Waals surface area contributed by atoms with Gasteiger partial charge in [0.25, 0.3) is 10.0 Å². The van der Waals surface area contributed by atoms with Crippen LogP contribution in [0.2, 0.25) is 5.02 Å². The van der Waals surface area contributed by atoms with Crippen molar-refractivity contribution in [2.24, 2.45) is 0 Å². The van der Waals surface area contributed by atoms with E-state index in [1.807, 2.05) is 13.8 Å². The molecule has 0 saturated carbocycles. The predicted molar refractivity (Wildman–Crippen MR) is 114 cm³/mol. The molecule has 0 unspecified atom stereocenters. The van der Waals surface area contributed by atoms with Gasteiger partial charge in [0.2, 0.25) is 5.78 Å². The third kappa shape index (κ3) is 4.90. The summed E-state index contributed by atoms with van der Waals surface area (Å²) in [5.74, 6) is -0.456. The maximum Gasteiger partial charge on any atom is 0.261 e. The first-order valence-electron chi connectivity index (χ1n) is 8.95. The number of halogens is 1. The lowest BCUT2D eigenvalue weighted by Gasteiger charge is -2.14. The van der Waals surface area contributed by atoms with Crippen molar-refractivity contribution in [2.75, 3.05) is 4.72 Å². The minimum Gasteiger partial charge on any atom is -0.506 e. The molecule has 156 valence electrons. The Kier molecular flexibility index (Phi) is 6.28. The molecule has 0 aliphatic carbocycles. The number of nitrogens with zero attached hydrogens (tertiary/aromatic N) is 1. The number of carbonyl (C=O) groups is 1.